The standard InChI is InChI=1S/C20H24IN3O2/c1-13-10-16(14(2)24(13)17-6-4-3-5-7-17)12-22-23-20(26)15-8-9-18(21)19(25)11-15/h8-12,17,25H,3-7H2,1-2H3,(H,23,26)/b22-12-. The Morgan fingerprint density at radius 1 is 1.27 bits per heavy atom. The zero-order chi connectivity index (χ0) is 18.7. The normalized spacial score (nSPS) is 15.5. The number of rotatable bonds is 4. The van der Waals surface area contributed by atoms with Crippen molar-refractivity contribution < 1.29 is 9.90 Å². The number of phenolic OH excluding ortho intramolecular Hbond substituents is 1. The fourth-order valence-electron chi connectivity index (χ4n) is 3.71. The molecule has 0 bridgehead atoms. The second-order valence-corrected chi connectivity index (χ2v) is 8.02. The number of aromatic hydroxyl groups is 1. The number of hydrazone groups is 1. The SMILES string of the molecule is Cc1cc(/C=N\NC(=O)c2ccc(I)c(O)c2)c(C)n1C1CCCCC1. The van der Waals surface area contributed by atoms with Crippen molar-refractivity contribution in [3.63, 3.8) is 0 Å². The van der Waals surface area contributed by atoms with E-state index >= 15 is 0 Å². The van der Waals surface area contributed by atoms with Crippen LogP contribution in [0, 0.1) is 17.4 Å². The van der Waals surface area contributed by atoms with Crippen LogP contribution in [0.15, 0.2) is 29.4 Å². The number of nitrogens with zero attached hydrogens (tertiary/aromatic N) is 2. The summed E-state index contributed by atoms with van der Waals surface area (Å²) in [6.07, 6.45) is 8.10. The van der Waals surface area contributed by atoms with Crippen molar-refractivity contribution in [1.29, 1.82) is 0 Å². The molecule has 3 rings (SSSR count). The average molecular weight is 465 g/mol. The number of aromatic nitrogens is 1. The van der Waals surface area contributed by atoms with Crippen LogP contribution in [-0.4, -0.2) is 21.8 Å². The van der Waals surface area contributed by atoms with E-state index in [0.29, 0.717) is 15.2 Å². The lowest BCUT2D eigenvalue weighted by molar-refractivity contribution is 0.0954. The van der Waals surface area contributed by atoms with E-state index in [9.17, 15) is 9.90 Å². The zero-order valence-electron chi connectivity index (χ0n) is 15.1. The molecule has 0 spiro atoms. The van der Waals surface area contributed by atoms with Gasteiger partial charge in [0.25, 0.3) is 5.91 Å². The quantitative estimate of drug-likeness (QED) is 0.391. The summed E-state index contributed by atoms with van der Waals surface area (Å²) >= 11 is 2.01. The topological polar surface area (TPSA) is 66.6 Å². The lowest BCUT2D eigenvalue weighted by Gasteiger charge is -2.26. The van der Waals surface area contributed by atoms with Gasteiger partial charge in [-0.2, -0.15) is 5.10 Å². The molecule has 26 heavy (non-hydrogen) atoms. The highest BCUT2D eigenvalue weighted by molar-refractivity contribution is 14.1. The van der Waals surface area contributed by atoms with E-state index in [-0.39, 0.29) is 11.7 Å². The lowest BCUT2D eigenvalue weighted by atomic mass is 9.95. The van der Waals surface area contributed by atoms with Crippen molar-refractivity contribution >= 4 is 34.7 Å². The first-order chi connectivity index (χ1) is 12.5. The number of carbonyl (C=O) groups is 1. The van der Waals surface area contributed by atoms with Gasteiger partial charge in [0.15, 0.2) is 0 Å². The maximum Gasteiger partial charge on any atom is 0.271 e. The predicted molar refractivity (Wildman–Crippen MR) is 112 cm³/mol. The highest BCUT2D eigenvalue weighted by Gasteiger charge is 2.19. The second-order valence-electron chi connectivity index (χ2n) is 6.85. The van der Waals surface area contributed by atoms with Crippen LogP contribution >= 0.6 is 22.6 Å². The van der Waals surface area contributed by atoms with Gasteiger partial charge in [-0.3, -0.25) is 4.79 Å². The molecule has 0 radical (unpaired) electrons. The lowest BCUT2D eigenvalue weighted by Crippen LogP contribution is -2.17. The molecule has 0 atom stereocenters. The largest absolute Gasteiger partial charge is 0.507 e. The maximum atomic E-state index is 12.2. The molecule has 0 saturated heterocycles. The minimum Gasteiger partial charge on any atom is -0.507 e. The summed E-state index contributed by atoms with van der Waals surface area (Å²) in [5, 5.41) is 13.8. The molecular weight excluding hydrogens is 441 g/mol. The number of nitrogens with one attached hydrogen (secondary N) is 1. The Morgan fingerprint density at radius 3 is 2.69 bits per heavy atom. The van der Waals surface area contributed by atoms with E-state index in [4.69, 9.17) is 0 Å². The molecule has 6 heteroatoms. The molecule has 1 aromatic heterocycles. The summed E-state index contributed by atoms with van der Waals surface area (Å²) in [4.78, 5) is 12.2. The molecule has 1 fully saturated rings. The van der Waals surface area contributed by atoms with Crippen molar-refractivity contribution in [3.05, 3.63) is 50.4 Å². The van der Waals surface area contributed by atoms with Crippen molar-refractivity contribution in [2.75, 3.05) is 0 Å². The molecule has 1 aliphatic carbocycles. The molecule has 1 aliphatic rings. The highest BCUT2D eigenvalue weighted by Crippen LogP contribution is 2.31. The molecule has 138 valence electrons. The number of phenols is 1. The first-order valence-corrected chi connectivity index (χ1v) is 10.1. The van der Waals surface area contributed by atoms with Gasteiger partial charge < -0.3 is 9.67 Å². The minimum atomic E-state index is -0.339. The second kappa shape index (κ2) is 8.24. The third-order valence-corrected chi connectivity index (χ3v) is 5.95. The molecule has 0 aliphatic heterocycles. The third kappa shape index (κ3) is 4.11. The van der Waals surface area contributed by atoms with Gasteiger partial charge in [0.2, 0.25) is 0 Å². The van der Waals surface area contributed by atoms with E-state index in [1.807, 2.05) is 22.6 Å². The number of halogens is 1. The Hall–Kier alpha value is -1.83. The summed E-state index contributed by atoms with van der Waals surface area (Å²) < 4.78 is 3.12. The number of benzene rings is 1. The molecule has 1 amide bonds. The smallest absolute Gasteiger partial charge is 0.271 e. The monoisotopic (exact) mass is 465 g/mol. The fraction of sp³-hybridized carbons (Fsp3) is 0.400. The van der Waals surface area contributed by atoms with Gasteiger partial charge in [-0.05, 0) is 73.5 Å². The predicted octanol–water partition coefficient (Wildman–Crippen LogP) is 4.68. The van der Waals surface area contributed by atoms with Crippen LogP contribution in [0.25, 0.3) is 0 Å². The number of amides is 1. The van der Waals surface area contributed by atoms with Crippen LogP contribution in [0.4, 0.5) is 0 Å². The first-order valence-electron chi connectivity index (χ1n) is 8.97. The van der Waals surface area contributed by atoms with E-state index in [1.165, 1.54) is 49.6 Å². The van der Waals surface area contributed by atoms with Crippen LogP contribution in [0.2, 0.25) is 0 Å². The number of carbonyl (C=O) groups excluding carboxylic acids is 1. The molecule has 1 saturated carbocycles. The number of aryl methyl sites for hydroxylation is 1. The van der Waals surface area contributed by atoms with E-state index in [0.717, 1.165) is 5.56 Å². The van der Waals surface area contributed by atoms with Crippen molar-refractivity contribution in [2.45, 2.75) is 52.0 Å². The van der Waals surface area contributed by atoms with Gasteiger partial charge in [-0.1, -0.05) is 19.3 Å². The van der Waals surface area contributed by atoms with E-state index in [1.54, 1.807) is 18.3 Å². The van der Waals surface area contributed by atoms with Gasteiger partial charge in [0.05, 0.1) is 9.78 Å². The Balaban J connectivity index is 1.70. The molecule has 2 N–H and O–H groups in total. The highest BCUT2D eigenvalue weighted by atomic mass is 127. The van der Waals surface area contributed by atoms with Crippen LogP contribution in [0.5, 0.6) is 5.75 Å². The van der Waals surface area contributed by atoms with Crippen LogP contribution in [0.3, 0.4) is 0 Å². The van der Waals surface area contributed by atoms with Crippen LogP contribution in [0.1, 0.15) is 65.5 Å². The average Bonchev–Trinajstić information content (AvgIpc) is 2.91. The molecule has 1 aromatic carbocycles. The minimum absolute atomic E-state index is 0.0956. The Morgan fingerprint density at radius 2 is 2.00 bits per heavy atom. The molecule has 1 heterocycles. The van der Waals surface area contributed by atoms with Crippen LogP contribution < -0.4 is 5.43 Å². The maximum absolute atomic E-state index is 12.2. The molecular formula is C20H24IN3O2. The van der Waals surface area contributed by atoms with Gasteiger partial charge >= 0.3 is 0 Å². The van der Waals surface area contributed by atoms with Gasteiger partial charge in [-0.15, -0.1) is 0 Å². The fourth-order valence-corrected chi connectivity index (χ4v) is 4.05. The van der Waals surface area contributed by atoms with Crippen molar-refractivity contribution in [2.24, 2.45) is 5.10 Å². The van der Waals surface area contributed by atoms with Crippen molar-refractivity contribution in [1.82, 2.24) is 9.99 Å². The van der Waals surface area contributed by atoms with Gasteiger partial charge in [0, 0.05) is 28.6 Å². The number of hydrogen-bond donors (Lipinski definition) is 2. The molecule has 0 unspecified atom stereocenters. The summed E-state index contributed by atoms with van der Waals surface area (Å²) in [6, 6.07) is 7.51. The Labute approximate surface area is 167 Å². The Kier molecular flexibility index (Phi) is 6.01. The van der Waals surface area contributed by atoms with Crippen LogP contribution in [-0.2, 0) is 0 Å². The summed E-state index contributed by atoms with van der Waals surface area (Å²) in [5.41, 5.74) is 6.38. The molecule has 2 aromatic rings. The number of hydrogen-bond acceptors (Lipinski definition) is 3. The van der Waals surface area contributed by atoms with E-state index < -0.39 is 0 Å². The third-order valence-electron chi connectivity index (χ3n) is 5.04. The Bertz CT molecular complexity index is 836. The zero-order valence-corrected chi connectivity index (χ0v) is 17.3. The molecule has 5 nitrogen and oxygen atoms in total. The van der Waals surface area contributed by atoms with Crippen molar-refractivity contribution in [3.8, 4) is 5.75 Å². The first kappa shape index (κ1) is 18.9. The van der Waals surface area contributed by atoms with Gasteiger partial charge in [0.1, 0.15) is 5.75 Å². The summed E-state index contributed by atoms with van der Waals surface area (Å²) in [5.74, 6) is -0.243. The van der Waals surface area contributed by atoms with E-state index in [2.05, 4.69) is 35.0 Å². The van der Waals surface area contributed by atoms with Gasteiger partial charge in [-0.25, -0.2) is 5.43 Å². The summed E-state index contributed by atoms with van der Waals surface area (Å²) in [7, 11) is 0. The summed E-state index contributed by atoms with van der Waals surface area (Å²) in [6.45, 7) is 4.24.